The van der Waals surface area contributed by atoms with Crippen LogP contribution in [0.15, 0.2) is 12.4 Å². The highest BCUT2D eigenvalue weighted by atomic mass is 19.1. The van der Waals surface area contributed by atoms with Gasteiger partial charge in [-0.25, -0.2) is 9.97 Å². The number of nitrogens with zero attached hydrogens (tertiary/aromatic N) is 2. The van der Waals surface area contributed by atoms with Gasteiger partial charge in [-0.2, -0.15) is 4.39 Å². The van der Waals surface area contributed by atoms with Gasteiger partial charge < -0.3 is 10.1 Å². The Balaban J connectivity index is 1.95. The predicted octanol–water partition coefficient (Wildman–Crippen LogP) is 1.21. The fourth-order valence-electron chi connectivity index (χ4n) is 1.48. The van der Waals surface area contributed by atoms with E-state index in [0.29, 0.717) is 12.4 Å². The number of halogens is 1. The molecule has 0 saturated carbocycles. The van der Waals surface area contributed by atoms with Gasteiger partial charge in [-0.05, 0) is 12.8 Å². The zero-order chi connectivity index (χ0) is 9.80. The summed E-state index contributed by atoms with van der Waals surface area (Å²) >= 11 is 0. The first-order valence-corrected chi connectivity index (χ1v) is 4.66. The molecule has 1 aliphatic heterocycles. The van der Waals surface area contributed by atoms with Crippen molar-refractivity contribution in [2.24, 2.45) is 0 Å². The molecule has 2 heterocycles. The lowest BCUT2D eigenvalue weighted by atomic mass is 10.1. The average molecular weight is 197 g/mol. The summed E-state index contributed by atoms with van der Waals surface area (Å²) in [6.45, 7) is 1.47. The molecule has 1 fully saturated rings. The molecular formula is C9H12FN3O. The van der Waals surface area contributed by atoms with E-state index in [9.17, 15) is 4.39 Å². The summed E-state index contributed by atoms with van der Waals surface area (Å²) in [7, 11) is 0. The van der Waals surface area contributed by atoms with E-state index < -0.39 is 5.95 Å². The van der Waals surface area contributed by atoms with E-state index in [1.807, 2.05) is 0 Å². The second kappa shape index (κ2) is 4.32. The van der Waals surface area contributed by atoms with Gasteiger partial charge in [0.15, 0.2) is 0 Å². The topological polar surface area (TPSA) is 47.0 Å². The molecule has 1 aromatic rings. The average Bonchev–Trinajstić information content (AvgIpc) is 2.19. The number of hydrogen-bond donors (Lipinski definition) is 1. The molecule has 1 atom stereocenters. The first-order chi connectivity index (χ1) is 6.84. The summed E-state index contributed by atoms with van der Waals surface area (Å²) in [5.41, 5.74) is 0. The van der Waals surface area contributed by atoms with Gasteiger partial charge in [-0.1, -0.05) is 0 Å². The molecule has 0 aliphatic carbocycles. The normalized spacial score (nSPS) is 21.9. The molecule has 2 rings (SSSR count). The minimum atomic E-state index is -0.515. The number of anilines is 1. The largest absolute Gasteiger partial charge is 0.379 e. The van der Waals surface area contributed by atoms with E-state index >= 15 is 0 Å². The molecule has 1 N–H and O–H groups in total. The van der Waals surface area contributed by atoms with Crippen LogP contribution < -0.4 is 5.32 Å². The predicted molar refractivity (Wildman–Crippen MR) is 49.5 cm³/mol. The Hall–Kier alpha value is -1.23. The van der Waals surface area contributed by atoms with Gasteiger partial charge in [0, 0.05) is 12.7 Å². The Morgan fingerprint density at radius 1 is 1.50 bits per heavy atom. The quantitative estimate of drug-likeness (QED) is 0.724. The number of rotatable bonds is 2. The van der Waals surface area contributed by atoms with Crippen LogP contribution in [0.5, 0.6) is 0 Å². The highest BCUT2D eigenvalue weighted by Gasteiger charge is 2.13. The van der Waals surface area contributed by atoms with E-state index in [4.69, 9.17) is 4.74 Å². The molecule has 0 bridgehead atoms. The number of hydrogen-bond acceptors (Lipinski definition) is 4. The monoisotopic (exact) mass is 197 g/mol. The molecular weight excluding hydrogens is 185 g/mol. The van der Waals surface area contributed by atoms with Crippen LogP contribution in [-0.4, -0.2) is 29.2 Å². The Morgan fingerprint density at radius 3 is 3.14 bits per heavy atom. The van der Waals surface area contributed by atoms with Crippen molar-refractivity contribution in [3.05, 3.63) is 18.3 Å². The molecule has 1 unspecified atom stereocenters. The molecule has 4 nitrogen and oxygen atoms in total. The van der Waals surface area contributed by atoms with E-state index in [1.165, 1.54) is 12.4 Å². The van der Waals surface area contributed by atoms with Crippen molar-refractivity contribution < 1.29 is 9.13 Å². The summed E-state index contributed by atoms with van der Waals surface area (Å²) in [5, 5.41) is 3.11. The van der Waals surface area contributed by atoms with E-state index in [2.05, 4.69) is 15.3 Å². The lowest BCUT2D eigenvalue weighted by molar-refractivity contribution is 0.0875. The number of ether oxygens (including phenoxy) is 1. The van der Waals surface area contributed by atoms with Crippen LogP contribution in [0.4, 0.5) is 10.2 Å². The number of aromatic nitrogens is 2. The van der Waals surface area contributed by atoms with Crippen LogP contribution in [-0.2, 0) is 4.74 Å². The van der Waals surface area contributed by atoms with Crippen LogP contribution in [0.25, 0.3) is 0 Å². The lowest BCUT2D eigenvalue weighted by Crippen LogP contribution is -2.30. The van der Waals surface area contributed by atoms with Gasteiger partial charge in [0.2, 0.25) is 5.95 Å². The fraction of sp³-hybridized carbons (Fsp3) is 0.556. The van der Waals surface area contributed by atoms with Gasteiger partial charge in [-0.15, -0.1) is 0 Å². The molecule has 1 saturated heterocycles. The SMILES string of the molecule is Fc1cc(NC2CCCOC2)ncn1. The third kappa shape index (κ3) is 2.38. The van der Waals surface area contributed by atoms with Gasteiger partial charge in [0.05, 0.1) is 12.6 Å². The summed E-state index contributed by atoms with van der Waals surface area (Å²) in [6, 6.07) is 1.52. The van der Waals surface area contributed by atoms with Gasteiger partial charge >= 0.3 is 0 Å². The van der Waals surface area contributed by atoms with E-state index in [1.54, 1.807) is 0 Å². The summed E-state index contributed by atoms with van der Waals surface area (Å²) < 4.78 is 18.0. The second-order valence-electron chi connectivity index (χ2n) is 3.28. The van der Waals surface area contributed by atoms with Crippen LogP contribution in [0.2, 0.25) is 0 Å². The van der Waals surface area contributed by atoms with Gasteiger partial charge in [0.25, 0.3) is 0 Å². The Kier molecular flexibility index (Phi) is 2.88. The Morgan fingerprint density at radius 2 is 2.43 bits per heavy atom. The molecule has 14 heavy (non-hydrogen) atoms. The summed E-state index contributed by atoms with van der Waals surface area (Å²) in [5.74, 6) is 0.00669. The Bertz CT molecular complexity index is 302. The van der Waals surface area contributed by atoms with Crippen molar-refractivity contribution in [2.75, 3.05) is 18.5 Å². The van der Waals surface area contributed by atoms with Crippen molar-refractivity contribution in [1.29, 1.82) is 0 Å². The van der Waals surface area contributed by atoms with E-state index in [0.717, 1.165) is 19.4 Å². The Labute approximate surface area is 81.5 Å². The molecule has 76 valence electrons. The standard InChI is InChI=1S/C9H12FN3O/c10-8-4-9(12-6-11-8)13-7-2-1-3-14-5-7/h4,6-7H,1-3,5H2,(H,11,12,13). The molecule has 1 aliphatic rings. The fourth-order valence-corrected chi connectivity index (χ4v) is 1.48. The zero-order valence-corrected chi connectivity index (χ0v) is 7.74. The van der Waals surface area contributed by atoms with Crippen LogP contribution >= 0.6 is 0 Å². The second-order valence-corrected chi connectivity index (χ2v) is 3.28. The zero-order valence-electron chi connectivity index (χ0n) is 7.74. The van der Waals surface area contributed by atoms with Crippen molar-refractivity contribution in [3.63, 3.8) is 0 Å². The van der Waals surface area contributed by atoms with Crippen molar-refractivity contribution in [2.45, 2.75) is 18.9 Å². The van der Waals surface area contributed by atoms with Crippen LogP contribution in [0.3, 0.4) is 0 Å². The maximum Gasteiger partial charge on any atom is 0.217 e. The number of nitrogens with one attached hydrogen (secondary N) is 1. The third-order valence-corrected chi connectivity index (χ3v) is 2.15. The minimum Gasteiger partial charge on any atom is -0.379 e. The van der Waals surface area contributed by atoms with Gasteiger partial charge in [-0.3, -0.25) is 0 Å². The summed E-state index contributed by atoms with van der Waals surface area (Å²) in [4.78, 5) is 7.30. The first kappa shape index (κ1) is 9.33. The molecule has 0 aromatic carbocycles. The minimum absolute atomic E-state index is 0.234. The molecule has 1 aromatic heterocycles. The lowest BCUT2D eigenvalue weighted by Gasteiger charge is -2.23. The highest BCUT2D eigenvalue weighted by Crippen LogP contribution is 2.11. The molecule has 0 spiro atoms. The summed E-state index contributed by atoms with van der Waals surface area (Å²) in [6.07, 6.45) is 3.28. The van der Waals surface area contributed by atoms with Crippen LogP contribution in [0.1, 0.15) is 12.8 Å². The third-order valence-electron chi connectivity index (χ3n) is 2.15. The first-order valence-electron chi connectivity index (χ1n) is 4.66. The van der Waals surface area contributed by atoms with E-state index in [-0.39, 0.29) is 6.04 Å². The highest BCUT2D eigenvalue weighted by molar-refractivity contribution is 5.33. The van der Waals surface area contributed by atoms with Crippen molar-refractivity contribution in [3.8, 4) is 0 Å². The maximum atomic E-state index is 12.7. The molecule has 0 amide bonds. The smallest absolute Gasteiger partial charge is 0.217 e. The van der Waals surface area contributed by atoms with Crippen molar-refractivity contribution >= 4 is 5.82 Å². The maximum absolute atomic E-state index is 12.7. The van der Waals surface area contributed by atoms with Crippen LogP contribution in [0, 0.1) is 5.95 Å². The van der Waals surface area contributed by atoms with Gasteiger partial charge in [0.1, 0.15) is 12.1 Å². The molecule has 0 radical (unpaired) electrons. The van der Waals surface area contributed by atoms with Crippen molar-refractivity contribution in [1.82, 2.24) is 9.97 Å². The molecule has 5 heteroatoms.